The standard InChI is InChI=1S/C11H13N3O2/c1-7-5-8(3-4-9(7)15-2)11-14-13-10(6-12)16-11/h3-5H,6,12H2,1-2H3. The molecule has 0 aliphatic rings. The van der Waals surface area contributed by atoms with Gasteiger partial charge in [-0.3, -0.25) is 0 Å². The number of hydrogen-bond donors (Lipinski definition) is 1. The Labute approximate surface area is 93.2 Å². The van der Waals surface area contributed by atoms with Crippen molar-refractivity contribution in [2.24, 2.45) is 5.73 Å². The molecule has 0 radical (unpaired) electrons. The van der Waals surface area contributed by atoms with Crippen LogP contribution in [0.25, 0.3) is 11.5 Å². The fraction of sp³-hybridized carbons (Fsp3) is 0.273. The highest BCUT2D eigenvalue weighted by Crippen LogP contribution is 2.24. The van der Waals surface area contributed by atoms with Gasteiger partial charge in [-0.15, -0.1) is 10.2 Å². The second-order valence-electron chi connectivity index (χ2n) is 3.39. The molecule has 2 rings (SSSR count). The second kappa shape index (κ2) is 4.32. The molecule has 1 aromatic carbocycles. The van der Waals surface area contributed by atoms with Gasteiger partial charge in [0.15, 0.2) is 0 Å². The molecule has 0 saturated heterocycles. The largest absolute Gasteiger partial charge is 0.496 e. The molecule has 0 aliphatic heterocycles. The third-order valence-electron chi connectivity index (χ3n) is 2.28. The van der Waals surface area contributed by atoms with Crippen molar-refractivity contribution in [1.29, 1.82) is 0 Å². The number of nitrogens with zero attached hydrogens (tertiary/aromatic N) is 2. The molecule has 0 amide bonds. The lowest BCUT2D eigenvalue weighted by Crippen LogP contribution is -1.95. The Morgan fingerprint density at radius 1 is 1.38 bits per heavy atom. The summed E-state index contributed by atoms with van der Waals surface area (Å²) in [6.07, 6.45) is 0. The highest BCUT2D eigenvalue weighted by molar-refractivity contribution is 5.56. The zero-order chi connectivity index (χ0) is 11.5. The average molecular weight is 219 g/mol. The number of aryl methyl sites for hydroxylation is 1. The minimum atomic E-state index is 0.252. The van der Waals surface area contributed by atoms with Crippen molar-refractivity contribution in [2.75, 3.05) is 7.11 Å². The number of hydrogen-bond acceptors (Lipinski definition) is 5. The van der Waals surface area contributed by atoms with Gasteiger partial charge in [-0.2, -0.15) is 0 Å². The molecule has 0 atom stereocenters. The summed E-state index contributed by atoms with van der Waals surface area (Å²) in [4.78, 5) is 0. The second-order valence-corrected chi connectivity index (χ2v) is 3.39. The van der Waals surface area contributed by atoms with Gasteiger partial charge in [-0.05, 0) is 30.7 Å². The summed E-state index contributed by atoms with van der Waals surface area (Å²) in [7, 11) is 1.64. The Kier molecular flexibility index (Phi) is 2.87. The van der Waals surface area contributed by atoms with Crippen LogP contribution in [0.15, 0.2) is 22.6 Å². The van der Waals surface area contributed by atoms with E-state index in [4.69, 9.17) is 14.9 Å². The normalized spacial score (nSPS) is 10.4. The SMILES string of the molecule is COc1ccc(-c2nnc(CN)o2)cc1C. The lowest BCUT2D eigenvalue weighted by Gasteiger charge is -2.04. The smallest absolute Gasteiger partial charge is 0.247 e. The maximum atomic E-state index is 5.40. The van der Waals surface area contributed by atoms with Crippen LogP contribution in [0.1, 0.15) is 11.5 Å². The van der Waals surface area contributed by atoms with E-state index in [9.17, 15) is 0 Å². The summed E-state index contributed by atoms with van der Waals surface area (Å²) in [6, 6.07) is 5.68. The van der Waals surface area contributed by atoms with E-state index in [1.54, 1.807) is 7.11 Å². The van der Waals surface area contributed by atoms with E-state index in [2.05, 4.69) is 10.2 Å². The van der Waals surface area contributed by atoms with Crippen LogP contribution in [-0.4, -0.2) is 17.3 Å². The van der Waals surface area contributed by atoms with Crippen LogP contribution in [0, 0.1) is 6.92 Å². The zero-order valence-electron chi connectivity index (χ0n) is 9.23. The number of methoxy groups -OCH3 is 1. The first kappa shape index (κ1) is 10.6. The molecule has 0 bridgehead atoms. The molecule has 0 aliphatic carbocycles. The van der Waals surface area contributed by atoms with Crippen LogP contribution in [0.4, 0.5) is 0 Å². The first-order valence-corrected chi connectivity index (χ1v) is 4.92. The van der Waals surface area contributed by atoms with E-state index >= 15 is 0 Å². The lowest BCUT2D eigenvalue weighted by atomic mass is 10.1. The van der Waals surface area contributed by atoms with Crippen molar-refractivity contribution in [3.8, 4) is 17.2 Å². The number of rotatable bonds is 3. The molecule has 0 fully saturated rings. The monoisotopic (exact) mass is 219 g/mol. The van der Waals surface area contributed by atoms with Gasteiger partial charge in [0.25, 0.3) is 0 Å². The van der Waals surface area contributed by atoms with Crippen LogP contribution < -0.4 is 10.5 Å². The fourth-order valence-corrected chi connectivity index (χ4v) is 1.46. The van der Waals surface area contributed by atoms with Crippen LogP contribution in [-0.2, 0) is 6.54 Å². The average Bonchev–Trinajstić information content (AvgIpc) is 2.77. The van der Waals surface area contributed by atoms with E-state index in [0.29, 0.717) is 11.8 Å². The topological polar surface area (TPSA) is 74.2 Å². The zero-order valence-corrected chi connectivity index (χ0v) is 9.23. The molecule has 2 aromatic rings. The van der Waals surface area contributed by atoms with Gasteiger partial charge in [0.05, 0.1) is 13.7 Å². The van der Waals surface area contributed by atoms with E-state index in [0.717, 1.165) is 16.9 Å². The van der Waals surface area contributed by atoms with Crippen molar-refractivity contribution in [1.82, 2.24) is 10.2 Å². The summed E-state index contributed by atoms with van der Waals surface area (Å²) in [6.45, 7) is 2.21. The predicted octanol–water partition coefficient (Wildman–Crippen LogP) is 1.51. The Morgan fingerprint density at radius 2 is 2.19 bits per heavy atom. The molecule has 2 N–H and O–H groups in total. The van der Waals surface area contributed by atoms with Crippen LogP contribution in [0.2, 0.25) is 0 Å². The Hall–Kier alpha value is -1.88. The Morgan fingerprint density at radius 3 is 2.75 bits per heavy atom. The molecular weight excluding hydrogens is 206 g/mol. The van der Waals surface area contributed by atoms with Crippen LogP contribution in [0.5, 0.6) is 5.75 Å². The molecular formula is C11H13N3O2. The van der Waals surface area contributed by atoms with Gasteiger partial charge in [0.1, 0.15) is 5.75 Å². The summed E-state index contributed by atoms with van der Waals surface area (Å²) in [5, 5.41) is 7.73. The molecule has 16 heavy (non-hydrogen) atoms. The molecule has 0 unspecified atom stereocenters. The predicted molar refractivity (Wildman–Crippen MR) is 58.9 cm³/mol. The van der Waals surface area contributed by atoms with E-state index in [1.165, 1.54) is 0 Å². The minimum absolute atomic E-state index is 0.252. The van der Waals surface area contributed by atoms with Crippen molar-refractivity contribution in [3.63, 3.8) is 0 Å². The molecule has 5 nitrogen and oxygen atoms in total. The maximum absolute atomic E-state index is 5.40. The molecule has 5 heteroatoms. The summed E-state index contributed by atoms with van der Waals surface area (Å²) in [5.74, 6) is 1.75. The van der Waals surface area contributed by atoms with E-state index in [-0.39, 0.29) is 6.54 Å². The van der Waals surface area contributed by atoms with Gasteiger partial charge in [0, 0.05) is 5.56 Å². The quantitative estimate of drug-likeness (QED) is 0.847. The van der Waals surface area contributed by atoms with E-state index < -0.39 is 0 Å². The first-order chi connectivity index (χ1) is 7.74. The van der Waals surface area contributed by atoms with Crippen molar-refractivity contribution in [3.05, 3.63) is 29.7 Å². The molecule has 0 saturated carbocycles. The molecule has 84 valence electrons. The van der Waals surface area contributed by atoms with Gasteiger partial charge >= 0.3 is 0 Å². The van der Waals surface area contributed by atoms with Gasteiger partial charge in [-0.1, -0.05) is 0 Å². The van der Waals surface area contributed by atoms with Crippen LogP contribution >= 0.6 is 0 Å². The third-order valence-corrected chi connectivity index (χ3v) is 2.28. The summed E-state index contributed by atoms with van der Waals surface area (Å²) < 4.78 is 10.5. The Balaban J connectivity index is 2.37. The molecule has 0 spiro atoms. The number of ether oxygens (including phenoxy) is 1. The number of aromatic nitrogens is 2. The Bertz CT molecular complexity index is 494. The summed E-state index contributed by atoms with van der Waals surface area (Å²) >= 11 is 0. The lowest BCUT2D eigenvalue weighted by molar-refractivity contribution is 0.411. The van der Waals surface area contributed by atoms with Crippen LogP contribution in [0.3, 0.4) is 0 Å². The highest BCUT2D eigenvalue weighted by Gasteiger charge is 2.08. The number of nitrogens with two attached hydrogens (primary N) is 1. The highest BCUT2D eigenvalue weighted by atomic mass is 16.5. The third kappa shape index (κ3) is 1.90. The maximum Gasteiger partial charge on any atom is 0.247 e. The summed E-state index contributed by atoms with van der Waals surface area (Å²) in [5.41, 5.74) is 7.29. The van der Waals surface area contributed by atoms with Gasteiger partial charge < -0.3 is 14.9 Å². The van der Waals surface area contributed by atoms with Crippen molar-refractivity contribution >= 4 is 0 Å². The van der Waals surface area contributed by atoms with Crippen molar-refractivity contribution in [2.45, 2.75) is 13.5 Å². The van der Waals surface area contributed by atoms with Crippen molar-refractivity contribution < 1.29 is 9.15 Å². The molecule has 1 heterocycles. The first-order valence-electron chi connectivity index (χ1n) is 4.92. The molecule has 1 aromatic heterocycles. The minimum Gasteiger partial charge on any atom is -0.496 e. The number of benzene rings is 1. The fourth-order valence-electron chi connectivity index (χ4n) is 1.46. The van der Waals surface area contributed by atoms with Gasteiger partial charge in [0.2, 0.25) is 11.8 Å². The van der Waals surface area contributed by atoms with E-state index in [1.807, 2.05) is 25.1 Å². The van der Waals surface area contributed by atoms with Gasteiger partial charge in [-0.25, -0.2) is 0 Å².